The van der Waals surface area contributed by atoms with Gasteiger partial charge in [-0.15, -0.1) is 0 Å². The summed E-state index contributed by atoms with van der Waals surface area (Å²) in [6.45, 7) is 3.92. The molecule has 0 aliphatic heterocycles. The molecule has 0 fully saturated rings. The highest BCUT2D eigenvalue weighted by Gasteiger charge is 2.01. The fraction of sp³-hybridized carbons (Fsp3) is 0.429. The number of hydrazone groups is 1. The third-order valence-corrected chi connectivity index (χ3v) is 2.61. The predicted molar refractivity (Wildman–Crippen MR) is 72.9 cm³/mol. The Morgan fingerprint density at radius 3 is 2.56 bits per heavy atom. The van der Waals surface area contributed by atoms with E-state index in [4.69, 9.17) is 4.74 Å². The Bertz CT molecular complexity index is 410. The summed E-state index contributed by atoms with van der Waals surface area (Å²) in [4.78, 5) is 11.4. The highest BCUT2D eigenvalue weighted by molar-refractivity contribution is 5.99. The van der Waals surface area contributed by atoms with E-state index in [9.17, 15) is 4.79 Å². The first-order valence-electron chi connectivity index (χ1n) is 6.15. The lowest BCUT2D eigenvalue weighted by Gasteiger charge is -2.04. The van der Waals surface area contributed by atoms with Crippen molar-refractivity contribution < 1.29 is 9.53 Å². The van der Waals surface area contributed by atoms with E-state index >= 15 is 0 Å². The van der Waals surface area contributed by atoms with E-state index in [1.54, 1.807) is 7.11 Å². The first kappa shape index (κ1) is 14.2. The molecule has 0 aliphatic rings. The molecule has 1 amide bonds. The maximum atomic E-state index is 11.4. The molecule has 0 spiro atoms. The average molecular weight is 248 g/mol. The summed E-state index contributed by atoms with van der Waals surface area (Å²) in [6.07, 6.45) is 2.42. The number of carbonyl (C=O) groups is 1. The highest BCUT2D eigenvalue weighted by Crippen LogP contribution is 2.11. The molecule has 0 radical (unpaired) electrons. The van der Waals surface area contributed by atoms with Crippen LogP contribution >= 0.6 is 0 Å². The summed E-state index contributed by atoms with van der Waals surface area (Å²) in [5, 5.41) is 4.08. The number of nitrogens with zero attached hydrogens (tertiary/aromatic N) is 1. The topological polar surface area (TPSA) is 50.7 Å². The number of carbonyl (C=O) groups excluding carboxylic acids is 1. The number of benzene rings is 1. The molecule has 1 aromatic rings. The summed E-state index contributed by atoms with van der Waals surface area (Å²) in [5.74, 6) is 0.767. The van der Waals surface area contributed by atoms with Crippen molar-refractivity contribution in [3.8, 4) is 5.75 Å². The van der Waals surface area contributed by atoms with Crippen molar-refractivity contribution in [1.29, 1.82) is 0 Å². The first-order valence-corrected chi connectivity index (χ1v) is 6.15. The third-order valence-electron chi connectivity index (χ3n) is 2.61. The van der Waals surface area contributed by atoms with Crippen molar-refractivity contribution in [1.82, 2.24) is 5.43 Å². The number of rotatable bonds is 6. The molecule has 0 bridgehead atoms. The predicted octanol–water partition coefficient (Wildman–Crippen LogP) is 2.73. The Labute approximate surface area is 108 Å². The number of hydrogen-bond donors (Lipinski definition) is 1. The molecule has 1 aromatic carbocycles. The van der Waals surface area contributed by atoms with E-state index < -0.39 is 0 Å². The molecule has 0 saturated heterocycles. The van der Waals surface area contributed by atoms with Crippen molar-refractivity contribution >= 4 is 11.6 Å². The normalized spacial score (nSPS) is 11.2. The second-order valence-corrected chi connectivity index (χ2v) is 4.06. The van der Waals surface area contributed by atoms with Crippen LogP contribution in [-0.4, -0.2) is 18.7 Å². The minimum Gasteiger partial charge on any atom is -0.497 e. The van der Waals surface area contributed by atoms with Crippen molar-refractivity contribution in [3.05, 3.63) is 29.8 Å². The van der Waals surface area contributed by atoms with Gasteiger partial charge in [-0.25, -0.2) is 5.43 Å². The SMILES string of the molecule is CCCCC(=O)NN=C(C)c1ccc(OC)cc1. The van der Waals surface area contributed by atoms with Crippen LogP contribution in [0.4, 0.5) is 0 Å². The van der Waals surface area contributed by atoms with Gasteiger partial charge in [-0.1, -0.05) is 13.3 Å². The van der Waals surface area contributed by atoms with E-state index in [2.05, 4.69) is 17.5 Å². The number of amides is 1. The van der Waals surface area contributed by atoms with Crippen LogP contribution < -0.4 is 10.2 Å². The van der Waals surface area contributed by atoms with Gasteiger partial charge in [-0.2, -0.15) is 5.10 Å². The Kier molecular flexibility index (Phi) is 5.91. The van der Waals surface area contributed by atoms with Gasteiger partial charge in [0, 0.05) is 6.42 Å². The van der Waals surface area contributed by atoms with Crippen LogP contribution in [0.3, 0.4) is 0 Å². The molecule has 0 aliphatic carbocycles. The monoisotopic (exact) mass is 248 g/mol. The zero-order valence-corrected chi connectivity index (χ0v) is 11.2. The maximum absolute atomic E-state index is 11.4. The van der Waals surface area contributed by atoms with E-state index in [0.29, 0.717) is 6.42 Å². The lowest BCUT2D eigenvalue weighted by Crippen LogP contribution is -2.18. The number of unbranched alkanes of at least 4 members (excludes halogenated alkanes) is 1. The van der Waals surface area contributed by atoms with Crippen LogP contribution in [0.1, 0.15) is 38.7 Å². The van der Waals surface area contributed by atoms with Gasteiger partial charge in [0.05, 0.1) is 12.8 Å². The number of hydrogen-bond acceptors (Lipinski definition) is 3. The molecule has 4 nitrogen and oxygen atoms in total. The van der Waals surface area contributed by atoms with Crippen LogP contribution in [0.5, 0.6) is 5.75 Å². The Balaban J connectivity index is 2.56. The molecule has 0 atom stereocenters. The summed E-state index contributed by atoms with van der Waals surface area (Å²) in [5.41, 5.74) is 4.31. The summed E-state index contributed by atoms with van der Waals surface area (Å²) < 4.78 is 5.08. The van der Waals surface area contributed by atoms with Gasteiger partial charge in [-0.3, -0.25) is 4.79 Å². The van der Waals surface area contributed by atoms with Crippen molar-refractivity contribution in [3.63, 3.8) is 0 Å². The molecule has 0 saturated carbocycles. The van der Waals surface area contributed by atoms with E-state index in [0.717, 1.165) is 29.9 Å². The molecule has 18 heavy (non-hydrogen) atoms. The maximum Gasteiger partial charge on any atom is 0.240 e. The molecule has 0 heterocycles. The molecule has 1 rings (SSSR count). The first-order chi connectivity index (χ1) is 8.67. The molecular weight excluding hydrogens is 228 g/mol. The minimum atomic E-state index is -0.0373. The number of ether oxygens (including phenoxy) is 1. The second-order valence-electron chi connectivity index (χ2n) is 4.06. The number of nitrogens with one attached hydrogen (secondary N) is 1. The fourth-order valence-electron chi connectivity index (χ4n) is 1.44. The van der Waals surface area contributed by atoms with E-state index in [1.807, 2.05) is 31.2 Å². The zero-order chi connectivity index (χ0) is 13.4. The number of methoxy groups -OCH3 is 1. The standard InChI is InChI=1S/C14H20N2O2/c1-4-5-6-14(17)16-15-11(2)12-7-9-13(18-3)10-8-12/h7-10H,4-6H2,1-3H3,(H,16,17). The van der Waals surface area contributed by atoms with E-state index in [1.165, 1.54) is 0 Å². The van der Waals surface area contributed by atoms with E-state index in [-0.39, 0.29) is 5.91 Å². The third kappa shape index (κ3) is 4.57. The van der Waals surface area contributed by atoms with Crippen molar-refractivity contribution in [2.75, 3.05) is 7.11 Å². The van der Waals surface area contributed by atoms with Gasteiger partial charge in [-0.05, 0) is 43.2 Å². The highest BCUT2D eigenvalue weighted by atomic mass is 16.5. The second kappa shape index (κ2) is 7.48. The summed E-state index contributed by atoms with van der Waals surface area (Å²) >= 11 is 0. The molecule has 98 valence electrons. The summed E-state index contributed by atoms with van der Waals surface area (Å²) in [7, 11) is 1.63. The fourth-order valence-corrected chi connectivity index (χ4v) is 1.44. The Morgan fingerprint density at radius 1 is 1.33 bits per heavy atom. The zero-order valence-electron chi connectivity index (χ0n) is 11.2. The van der Waals surface area contributed by atoms with Crippen molar-refractivity contribution in [2.45, 2.75) is 33.1 Å². The van der Waals surface area contributed by atoms with Gasteiger partial charge < -0.3 is 4.74 Å². The average Bonchev–Trinajstić information content (AvgIpc) is 2.42. The van der Waals surface area contributed by atoms with Gasteiger partial charge in [0.1, 0.15) is 5.75 Å². The van der Waals surface area contributed by atoms with Crippen LogP contribution in [0.25, 0.3) is 0 Å². The lowest BCUT2D eigenvalue weighted by atomic mass is 10.1. The molecule has 1 N–H and O–H groups in total. The Hall–Kier alpha value is -1.84. The quantitative estimate of drug-likeness (QED) is 0.621. The van der Waals surface area contributed by atoms with Gasteiger partial charge in [0.2, 0.25) is 5.91 Å². The van der Waals surface area contributed by atoms with Gasteiger partial charge >= 0.3 is 0 Å². The largest absolute Gasteiger partial charge is 0.497 e. The van der Waals surface area contributed by atoms with Crippen LogP contribution in [0, 0.1) is 0 Å². The van der Waals surface area contributed by atoms with Gasteiger partial charge in [0.15, 0.2) is 0 Å². The smallest absolute Gasteiger partial charge is 0.240 e. The van der Waals surface area contributed by atoms with Crippen LogP contribution in [0.2, 0.25) is 0 Å². The van der Waals surface area contributed by atoms with Crippen LogP contribution in [0.15, 0.2) is 29.4 Å². The molecule has 0 unspecified atom stereocenters. The molecule has 0 aromatic heterocycles. The Morgan fingerprint density at radius 2 is 2.00 bits per heavy atom. The van der Waals surface area contributed by atoms with Gasteiger partial charge in [0.25, 0.3) is 0 Å². The van der Waals surface area contributed by atoms with Crippen molar-refractivity contribution in [2.24, 2.45) is 5.10 Å². The summed E-state index contributed by atoms with van der Waals surface area (Å²) in [6, 6.07) is 7.56. The minimum absolute atomic E-state index is 0.0373. The lowest BCUT2D eigenvalue weighted by molar-refractivity contribution is -0.121. The molecule has 4 heteroatoms. The molecular formula is C14H20N2O2. The van der Waals surface area contributed by atoms with Crippen LogP contribution in [-0.2, 0) is 4.79 Å².